The zero-order valence-corrected chi connectivity index (χ0v) is 20.0. The first-order valence-electron chi connectivity index (χ1n) is 11.8. The molecule has 2 heterocycles. The Morgan fingerprint density at radius 1 is 1.06 bits per heavy atom. The summed E-state index contributed by atoms with van der Waals surface area (Å²) in [5, 5.41) is 3.17. The molecule has 1 aliphatic rings. The van der Waals surface area contributed by atoms with E-state index in [2.05, 4.69) is 22.1 Å². The SMILES string of the molecule is CNCc1cc(OC(=O)C2(COCc3ccccc3)CCN(c3ccncc3)CC2)ccc1C. The number of rotatable bonds is 9. The lowest BCUT2D eigenvalue weighted by Crippen LogP contribution is -2.48. The van der Waals surface area contributed by atoms with Gasteiger partial charge in [-0.15, -0.1) is 0 Å². The maximum absolute atomic E-state index is 13.6. The van der Waals surface area contributed by atoms with Crippen molar-refractivity contribution in [3.8, 4) is 5.75 Å². The van der Waals surface area contributed by atoms with Gasteiger partial charge < -0.3 is 19.7 Å². The molecule has 4 rings (SSSR count). The van der Waals surface area contributed by atoms with Crippen molar-refractivity contribution in [3.63, 3.8) is 0 Å². The molecule has 0 spiro atoms. The number of pyridine rings is 1. The number of carbonyl (C=O) groups excluding carboxylic acids is 1. The first kappa shape index (κ1) is 23.9. The number of carbonyl (C=O) groups is 1. The average Bonchev–Trinajstić information content (AvgIpc) is 2.88. The van der Waals surface area contributed by atoms with Gasteiger partial charge in [0.15, 0.2) is 0 Å². The van der Waals surface area contributed by atoms with E-state index >= 15 is 0 Å². The van der Waals surface area contributed by atoms with Crippen molar-refractivity contribution in [2.75, 3.05) is 31.6 Å². The Hall–Kier alpha value is -3.22. The number of piperidine rings is 1. The van der Waals surface area contributed by atoms with Crippen LogP contribution in [-0.4, -0.2) is 37.7 Å². The smallest absolute Gasteiger partial charge is 0.319 e. The second-order valence-electron chi connectivity index (χ2n) is 8.96. The van der Waals surface area contributed by atoms with Gasteiger partial charge in [0.05, 0.1) is 18.6 Å². The Labute approximate surface area is 201 Å². The molecule has 0 radical (unpaired) electrons. The van der Waals surface area contributed by atoms with Crippen LogP contribution in [0.25, 0.3) is 0 Å². The number of aromatic nitrogens is 1. The Bertz CT molecular complexity index is 1060. The third-order valence-corrected chi connectivity index (χ3v) is 6.57. The van der Waals surface area contributed by atoms with Crippen molar-refractivity contribution in [1.82, 2.24) is 10.3 Å². The third-order valence-electron chi connectivity index (χ3n) is 6.57. The number of anilines is 1. The summed E-state index contributed by atoms with van der Waals surface area (Å²) in [5.74, 6) is 0.369. The molecule has 1 N–H and O–H groups in total. The van der Waals surface area contributed by atoms with E-state index in [1.807, 2.05) is 67.7 Å². The van der Waals surface area contributed by atoms with Gasteiger partial charge >= 0.3 is 5.97 Å². The molecular weight excluding hydrogens is 426 g/mol. The van der Waals surface area contributed by atoms with Crippen LogP contribution >= 0.6 is 0 Å². The first-order chi connectivity index (χ1) is 16.6. The second kappa shape index (κ2) is 11.3. The summed E-state index contributed by atoms with van der Waals surface area (Å²) in [5.41, 5.74) is 3.81. The Balaban J connectivity index is 1.48. The van der Waals surface area contributed by atoms with E-state index in [9.17, 15) is 4.79 Å². The molecule has 0 aliphatic carbocycles. The molecule has 2 aromatic carbocycles. The van der Waals surface area contributed by atoms with Crippen molar-refractivity contribution >= 4 is 11.7 Å². The minimum absolute atomic E-state index is 0.214. The Morgan fingerprint density at radius 3 is 2.50 bits per heavy atom. The van der Waals surface area contributed by atoms with E-state index in [1.54, 1.807) is 12.4 Å². The van der Waals surface area contributed by atoms with Crippen LogP contribution in [-0.2, 0) is 22.7 Å². The highest BCUT2D eigenvalue weighted by Crippen LogP contribution is 2.36. The van der Waals surface area contributed by atoms with E-state index < -0.39 is 5.41 Å². The predicted octanol–water partition coefficient (Wildman–Crippen LogP) is 4.52. The summed E-state index contributed by atoms with van der Waals surface area (Å²) < 4.78 is 12.1. The summed E-state index contributed by atoms with van der Waals surface area (Å²) in [6, 6.07) is 19.9. The number of nitrogens with zero attached hydrogens (tertiary/aromatic N) is 2. The quantitative estimate of drug-likeness (QED) is 0.375. The van der Waals surface area contributed by atoms with E-state index in [1.165, 1.54) is 5.56 Å². The molecule has 1 aromatic heterocycles. The molecule has 178 valence electrons. The zero-order valence-electron chi connectivity index (χ0n) is 20.0. The molecule has 0 saturated carbocycles. The highest BCUT2D eigenvalue weighted by molar-refractivity contribution is 5.80. The standard InChI is InChI=1S/C28H33N3O3/c1-22-8-9-26(18-24(22)19-29-2)34-27(32)28(21-33-20-23-6-4-3-5-7-23)12-16-31(17-13-28)25-10-14-30-15-11-25/h3-11,14-15,18,29H,12-13,16-17,19-21H2,1-2H3. The van der Waals surface area contributed by atoms with Gasteiger partial charge in [-0.3, -0.25) is 9.78 Å². The number of esters is 1. The number of hydrogen-bond donors (Lipinski definition) is 1. The predicted molar refractivity (Wildman–Crippen MR) is 134 cm³/mol. The molecule has 0 atom stereocenters. The molecule has 0 amide bonds. The molecule has 1 fully saturated rings. The molecule has 1 saturated heterocycles. The fourth-order valence-electron chi connectivity index (χ4n) is 4.40. The molecule has 6 nitrogen and oxygen atoms in total. The summed E-state index contributed by atoms with van der Waals surface area (Å²) >= 11 is 0. The minimum Gasteiger partial charge on any atom is -0.426 e. The largest absolute Gasteiger partial charge is 0.426 e. The number of hydrogen-bond acceptors (Lipinski definition) is 6. The number of aryl methyl sites for hydroxylation is 1. The monoisotopic (exact) mass is 459 g/mol. The molecule has 6 heteroatoms. The van der Waals surface area contributed by atoms with Crippen molar-refractivity contribution in [2.45, 2.75) is 32.9 Å². The zero-order chi connectivity index (χ0) is 23.8. The fraction of sp³-hybridized carbons (Fsp3) is 0.357. The lowest BCUT2D eigenvalue weighted by Gasteiger charge is -2.40. The summed E-state index contributed by atoms with van der Waals surface area (Å²) in [6.07, 6.45) is 4.93. The van der Waals surface area contributed by atoms with Crippen molar-refractivity contribution in [3.05, 3.63) is 89.7 Å². The van der Waals surface area contributed by atoms with Crippen molar-refractivity contribution in [1.29, 1.82) is 0 Å². The van der Waals surface area contributed by atoms with E-state index in [0.29, 0.717) is 31.8 Å². The van der Waals surface area contributed by atoms with Crippen molar-refractivity contribution in [2.24, 2.45) is 5.41 Å². The topological polar surface area (TPSA) is 63.7 Å². The lowest BCUT2D eigenvalue weighted by molar-refractivity contribution is -0.152. The molecule has 34 heavy (non-hydrogen) atoms. The van der Waals surface area contributed by atoms with Crippen LogP contribution in [0.5, 0.6) is 5.75 Å². The molecule has 3 aromatic rings. The number of nitrogens with one attached hydrogen (secondary N) is 1. The number of ether oxygens (including phenoxy) is 2. The highest BCUT2D eigenvalue weighted by atomic mass is 16.5. The molecular formula is C28H33N3O3. The second-order valence-corrected chi connectivity index (χ2v) is 8.96. The van der Waals surface area contributed by atoms with E-state index in [-0.39, 0.29) is 5.97 Å². The van der Waals surface area contributed by atoms with Crippen LogP contribution in [0, 0.1) is 12.3 Å². The summed E-state index contributed by atoms with van der Waals surface area (Å²) in [6.45, 7) is 5.11. The van der Waals surface area contributed by atoms with E-state index in [0.717, 1.165) is 36.4 Å². The van der Waals surface area contributed by atoms with Crippen LogP contribution in [0.2, 0.25) is 0 Å². The van der Waals surface area contributed by atoms with Crippen LogP contribution < -0.4 is 15.0 Å². The minimum atomic E-state index is -0.688. The van der Waals surface area contributed by atoms with Gasteiger partial charge in [-0.2, -0.15) is 0 Å². The van der Waals surface area contributed by atoms with E-state index in [4.69, 9.17) is 9.47 Å². The maximum Gasteiger partial charge on any atom is 0.319 e. The Kier molecular flexibility index (Phi) is 7.93. The highest BCUT2D eigenvalue weighted by Gasteiger charge is 2.43. The summed E-state index contributed by atoms with van der Waals surface area (Å²) in [7, 11) is 1.91. The van der Waals surface area contributed by atoms with Crippen LogP contribution in [0.4, 0.5) is 5.69 Å². The van der Waals surface area contributed by atoms with Gasteiger partial charge in [-0.25, -0.2) is 0 Å². The van der Waals surface area contributed by atoms with Crippen molar-refractivity contribution < 1.29 is 14.3 Å². The number of benzene rings is 2. The normalized spacial score (nSPS) is 15.2. The van der Waals surface area contributed by atoms with Crippen LogP contribution in [0.1, 0.15) is 29.5 Å². The molecule has 0 bridgehead atoms. The van der Waals surface area contributed by atoms with Gasteiger partial charge in [0.2, 0.25) is 0 Å². The van der Waals surface area contributed by atoms with Gasteiger partial charge in [0.25, 0.3) is 0 Å². The van der Waals surface area contributed by atoms with Crippen LogP contribution in [0.15, 0.2) is 73.1 Å². The average molecular weight is 460 g/mol. The third kappa shape index (κ3) is 5.82. The fourth-order valence-corrected chi connectivity index (χ4v) is 4.40. The molecule has 0 unspecified atom stereocenters. The Morgan fingerprint density at radius 2 is 1.79 bits per heavy atom. The van der Waals surface area contributed by atoms with Crippen LogP contribution in [0.3, 0.4) is 0 Å². The van der Waals surface area contributed by atoms with Gasteiger partial charge in [-0.1, -0.05) is 36.4 Å². The van der Waals surface area contributed by atoms with Gasteiger partial charge in [-0.05, 0) is 67.8 Å². The first-order valence-corrected chi connectivity index (χ1v) is 11.8. The summed E-state index contributed by atoms with van der Waals surface area (Å²) in [4.78, 5) is 20.0. The van der Waals surface area contributed by atoms with Gasteiger partial charge in [0.1, 0.15) is 5.75 Å². The maximum atomic E-state index is 13.6. The molecule has 1 aliphatic heterocycles. The lowest BCUT2D eigenvalue weighted by atomic mass is 9.79. The van der Waals surface area contributed by atoms with Gasteiger partial charge in [0, 0.05) is 37.7 Å².